The van der Waals surface area contributed by atoms with Crippen molar-refractivity contribution in [3.05, 3.63) is 34.9 Å². The van der Waals surface area contributed by atoms with E-state index in [0.717, 1.165) is 0 Å². The van der Waals surface area contributed by atoms with Gasteiger partial charge in [0.2, 0.25) is 5.91 Å². The van der Waals surface area contributed by atoms with Crippen molar-refractivity contribution in [2.75, 3.05) is 6.61 Å². The van der Waals surface area contributed by atoms with E-state index in [1.165, 1.54) is 12.1 Å². The van der Waals surface area contributed by atoms with Crippen molar-refractivity contribution in [1.82, 2.24) is 10.9 Å². The van der Waals surface area contributed by atoms with Crippen LogP contribution in [0.3, 0.4) is 0 Å². The number of esters is 1. The third-order valence-corrected chi connectivity index (χ3v) is 2.54. The van der Waals surface area contributed by atoms with Gasteiger partial charge in [0.05, 0.1) is 13.0 Å². The van der Waals surface area contributed by atoms with Crippen LogP contribution in [0.5, 0.6) is 0 Å². The Balaban J connectivity index is 2.32. The third kappa shape index (κ3) is 5.71. The van der Waals surface area contributed by atoms with Gasteiger partial charge in [-0.15, -0.1) is 0 Å². The lowest BCUT2D eigenvalue weighted by molar-refractivity contribution is -0.144. The molecule has 2 amide bonds. The van der Waals surface area contributed by atoms with Gasteiger partial charge in [0.1, 0.15) is 0 Å². The summed E-state index contributed by atoms with van der Waals surface area (Å²) in [6.45, 7) is 1.96. The van der Waals surface area contributed by atoms with Crippen LogP contribution < -0.4 is 10.9 Å². The molecule has 0 atom stereocenters. The molecule has 0 unspecified atom stereocenters. The Morgan fingerprint density at radius 2 is 1.75 bits per heavy atom. The average Bonchev–Trinajstić information content (AvgIpc) is 2.43. The van der Waals surface area contributed by atoms with Crippen molar-refractivity contribution in [3.8, 4) is 0 Å². The minimum absolute atomic E-state index is 0.0313. The van der Waals surface area contributed by atoms with E-state index in [2.05, 4.69) is 15.6 Å². The highest BCUT2D eigenvalue weighted by molar-refractivity contribution is 6.30. The topological polar surface area (TPSA) is 84.5 Å². The summed E-state index contributed by atoms with van der Waals surface area (Å²) in [5, 5.41) is 0.514. The van der Waals surface area contributed by atoms with E-state index in [-0.39, 0.29) is 19.4 Å². The van der Waals surface area contributed by atoms with Crippen LogP contribution in [-0.4, -0.2) is 24.4 Å². The fourth-order valence-corrected chi connectivity index (χ4v) is 1.44. The van der Waals surface area contributed by atoms with Crippen LogP contribution in [0.25, 0.3) is 0 Å². The second kappa shape index (κ2) is 8.16. The summed E-state index contributed by atoms with van der Waals surface area (Å²) >= 11 is 5.70. The average molecular weight is 299 g/mol. The third-order valence-electron chi connectivity index (χ3n) is 2.28. The molecule has 7 heteroatoms. The number of nitrogens with one attached hydrogen (secondary N) is 2. The van der Waals surface area contributed by atoms with Gasteiger partial charge in [0, 0.05) is 17.0 Å². The predicted molar refractivity (Wildman–Crippen MR) is 72.9 cm³/mol. The molecule has 0 fully saturated rings. The maximum absolute atomic E-state index is 11.6. The van der Waals surface area contributed by atoms with Crippen LogP contribution >= 0.6 is 11.6 Å². The zero-order valence-electron chi connectivity index (χ0n) is 10.9. The van der Waals surface area contributed by atoms with Crippen molar-refractivity contribution in [2.24, 2.45) is 0 Å². The maximum atomic E-state index is 11.6. The lowest BCUT2D eigenvalue weighted by Gasteiger charge is -2.07. The van der Waals surface area contributed by atoms with Crippen molar-refractivity contribution in [1.29, 1.82) is 0 Å². The Hall–Kier alpha value is -2.08. The number of hydrogen-bond acceptors (Lipinski definition) is 4. The fourth-order valence-electron chi connectivity index (χ4n) is 1.31. The summed E-state index contributed by atoms with van der Waals surface area (Å²) in [4.78, 5) is 34.1. The molecule has 0 radical (unpaired) electrons. The lowest BCUT2D eigenvalue weighted by atomic mass is 10.2. The Bertz CT molecular complexity index is 488. The molecule has 1 aromatic rings. The van der Waals surface area contributed by atoms with Gasteiger partial charge in [-0.2, -0.15) is 0 Å². The van der Waals surface area contributed by atoms with E-state index >= 15 is 0 Å². The first-order valence-electron chi connectivity index (χ1n) is 6.03. The minimum atomic E-state index is -0.472. The molecule has 2 N–H and O–H groups in total. The molecule has 0 bridgehead atoms. The predicted octanol–water partition coefficient (Wildman–Crippen LogP) is 1.44. The summed E-state index contributed by atoms with van der Waals surface area (Å²) in [5.41, 5.74) is 4.82. The molecule has 20 heavy (non-hydrogen) atoms. The van der Waals surface area contributed by atoms with Crippen LogP contribution in [0.2, 0.25) is 5.02 Å². The quantitative estimate of drug-likeness (QED) is 0.636. The van der Waals surface area contributed by atoms with E-state index in [0.29, 0.717) is 10.6 Å². The number of carbonyl (C=O) groups is 3. The molecule has 0 saturated carbocycles. The summed E-state index contributed by atoms with van der Waals surface area (Å²) in [7, 11) is 0. The number of ether oxygens (including phenoxy) is 1. The second-order valence-electron chi connectivity index (χ2n) is 3.81. The second-order valence-corrected chi connectivity index (χ2v) is 4.25. The van der Waals surface area contributed by atoms with E-state index in [1.54, 1.807) is 19.1 Å². The minimum Gasteiger partial charge on any atom is -0.466 e. The van der Waals surface area contributed by atoms with Crippen molar-refractivity contribution in [3.63, 3.8) is 0 Å². The number of carbonyl (C=O) groups excluding carboxylic acids is 3. The van der Waals surface area contributed by atoms with Crippen LogP contribution in [0.15, 0.2) is 24.3 Å². The summed E-state index contributed by atoms with van der Waals surface area (Å²) in [6, 6.07) is 6.20. The monoisotopic (exact) mass is 298 g/mol. The summed E-state index contributed by atoms with van der Waals surface area (Å²) in [5.74, 6) is -1.39. The largest absolute Gasteiger partial charge is 0.466 e. The molecule has 0 aliphatic carbocycles. The lowest BCUT2D eigenvalue weighted by Crippen LogP contribution is -2.41. The molecule has 0 spiro atoms. The molecule has 1 rings (SSSR count). The highest BCUT2D eigenvalue weighted by Gasteiger charge is 2.09. The molecule has 0 aliphatic rings. The van der Waals surface area contributed by atoms with E-state index in [4.69, 9.17) is 11.6 Å². The van der Waals surface area contributed by atoms with E-state index in [1.807, 2.05) is 0 Å². The number of benzene rings is 1. The van der Waals surface area contributed by atoms with Crippen LogP contribution in [0.1, 0.15) is 30.1 Å². The van der Waals surface area contributed by atoms with E-state index < -0.39 is 17.8 Å². The first-order valence-corrected chi connectivity index (χ1v) is 6.41. The molecule has 0 heterocycles. The van der Waals surface area contributed by atoms with Crippen molar-refractivity contribution >= 4 is 29.4 Å². The standard InChI is InChI=1S/C13H15ClN2O4/c1-2-20-12(18)8-7-11(17)15-16-13(19)9-3-5-10(14)6-4-9/h3-6H,2,7-8H2,1H3,(H,15,17)(H,16,19). The Labute approximate surface area is 121 Å². The van der Waals surface area contributed by atoms with Gasteiger partial charge in [-0.1, -0.05) is 11.6 Å². The molecule has 108 valence electrons. The summed E-state index contributed by atoms with van der Waals surface area (Å²) in [6.07, 6.45) is -0.0871. The number of hydrazine groups is 1. The molecular weight excluding hydrogens is 284 g/mol. The van der Waals surface area contributed by atoms with Crippen molar-refractivity contribution in [2.45, 2.75) is 19.8 Å². The normalized spacial score (nSPS) is 9.70. The summed E-state index contributed by atoms with van der Waals surface area (Å²) < 4.78 is 4.68. The van der Waals surface area contributed by atoms with Gasteiger partial charge in [-0.25, -0.2) is 0 Å². The van der Waals surface area contributed by atoms with Crippen LogP contribution in [0.4, 0.5) is 0 Å². The van der Waals surface area contributed by atoms with Gasteiger partial charge < -0.3 is 4.74 Å². The van der Waals surface area contributed by atoms with Gasteiger partial charge >= 0.3 is 5.97 Å². The molecule has 0 aromatic heterocycles. The van der Waals surface area contributed by atoms with Crippen LogP contribution in [-0.2, 0) is 14.3 Å². The van der Waals surface area contributed by atoms with Crippen molar-refractivity contribution < 1.29 is 19.1 Å². The number of halogens is 1. The highest BCUT2D eigenvalue weighted by Crippen LogP contribution is 2.08. The zero-order chi connectivity index (χ0) is 15.0. The SMILES string of the molecule is CCOC(=O)CCC(=O)NNC(=O)c1ccc(Cl)cc1. The number of amides is 2. The van der Waals surface area contributed by atoms with Gasteiger partial charge in [0.15, 0.2) is 0 Å². The Kier molecular flexibility index (Phi) is 6.52. The van der Waals surface area contributed by atoms with E-state index in [9.17, 15) is 14.4 Å². The van der Waals surface area contributed by atoms with Gasteiger partial charge in [0.25, 0.3) is 5.91 Å². The van der Waals surface area contributed by atoms with Gasteiger partial charge in [-0.3, -0.25) is 25.2 Å². The smallest absolute Gasteiger partial charge is 0.306 e. The Morgan fingerprint density at radius 1 is 1.10 bits per heavy atom. The molecule has 0 saturated heterocycles. The number of rotatable bonds is 5. The molecule has 6 nitrogen and oxygen atoms in total. The Morgan fingerprint density at radius 3 is 2.35 bits per heavy atom. The first kappa shape index (κ1) is 16.0. The van der Waals surface area contributed by atoms with Gasteiger partial charge in [-0.05, 0) is 31.2 Å². The van der Waals surface area contributed by atoms with Crippen LogP contribution in [0, 0.1) is 0 Å². The molecular formula is C13H15ClN2O4. The fraction of sp³-hybridized carbons (Fsp3) is 0.308. The maximum Gasteiger partial charge on any atom is 0.306 e. The molecule has 1 aromatic carbocycles. The molecule has 0 aliphatic heterocycles. The number of hydrogen-bond donors (Lipinski definition) is 2. The highest BCUT2D eigenvalue weighted by atomic mass is 35.5. The first-order chi connectivity index (χ1) is 9.52. The zero-order valence-corrected chi connectivity index (χ0v) is 11.7.